The Hall–Kier alpha value is -6.05. The first-order chi connectivity index (χ1) is 22.8. The van der Waals surface area contributed by atoms with E-state index in [2.05, 4.69) is 163 Å². The van der Waals surface area contributed by atoms with E-state index in [0.29, 0.717) is 0 Å². The Morgan fingerprint density at radius 3 is 1.33 bits per heavy atom. The molecule has 0 spiro atoms. The molecule has 0 aliphatic rings. The summed E-state index contributed by atoms with van der Waals surface area (Å²) in [5.74, 6) is 0. The van der Waals surface area contributed by atoms with Crippen molar-refractivity contribution in [3.8, 4) is 55.8 Å². The normalized spacial score (nSPS) is 11.5. The van der Waals surface area contributed by atoms with Crippen molar-refractivity contribution >= 4 is 32.3 Å². The van der Waals surface area contributed by atoms with Gasteiger partial charge in [0.2, 0.25) is 0 Å². The van der Waals surface area contributed by atoms with Crippen LogP contribution in [-0.4, -0.2) is 4.98 Å². The molecule has 0 aliphatic heterocycles. The number of aromatic nitrogens is 1. The van der Waals surface area contributed by atoms with Gasteiger partial charge in [0.25, 0.3) is 0 Å². The van der Waals surface area contributed by atoms with Gasteiger partial charge in [0, 0.05) is 11.8 Å². The maximum absolute atomic E-state index is 4.57. The minimum Gasteiger partial charge on any atom is -0.256 e. The van der Waals surface area contributed by atoms with Crippen LogP contribution >= 0.6 is 0 Å². The first kappa shape index (κ1) is 26.4. The third-order valence-electron chi connectivity index (χ3n) is 9.28. The first-order valence-electron chi connectivity index (χ1n) is 15.8. The highest BCUT2D eigenvalue weighted by molar-refractivity contribution is 6.28. The van der Waals surface area contributed by atoms with Crippen molar-refractivity contribution in [3.63, 3.8) is 0 Å². The zero-order valence-electron chi connectivity index (χ0n) is 25.2. The highest BCUT2D eigenvalue weighted by Crippen LogP contribution is 2.45. The lowest BCUT2D eigenvalue weighted by atomic mass is 9.84. The van der Waals surface area contributed by atoms with Crippen LogP contribution in [0.4, 0.5) is 0 Å². The molecule has 1 heterocycles. The van der Waals surface area contributed by atoms with E-state index < -0.39 is 0 Å². The van der Waals surface area contributed by atoms with Crippen LogP contribution in [0, 0.1) is 0 Å². The lowest BCUT2D eigenvalue weighted by Gasteiger charge is -2.19. The summed E-state index contributed by atoms with van der Waals surface area (Å²) in [5, 5.41) is 7.73. The van der Waals surface area contributed by atoms with E-state index in [1.165, 1.54) is 76.8 Å². The zero-order chi connectivity index (χ0) is 30.5. The third-order valence-corrected chi connectivity index (χ3v) is 9.28. The topological polar surface area (TPSA) is 12.9 Å². The molecular formula is C45H29N. The predicted molar refractivity (Wildman–Crippen MR) is 195 cm³/mol. The maximum atomic E-state index is 4.57. The molecule has 214 valence electrons. The summed E-state index contributed by atoms with van der Waals surface area (Å²) in [7, 11) is 0. The molecule has 9 aromatic rings. The quantitative estimate of drug-likeness (QED) is 0.184. The molecule has 0 aliphatic carbocycles. The molecule has 0 atom stereocenters. The number of nitrogens with zero attached hydrogens (tertiary/aromatic N) is 1. The molecule has 0 unspecified atom stereocenters. The molecule has 0 N–H and O–H groups in total. The molecular weight excluding hydrogens is 555 g/mol. The van der Waals surface area contributed by atoms with E-state index in [4.69, 9.17) is 0 Å². The van der Waals surface area contributed by atoms with Crippen LogP contribution in [0.25, 0.3) is 88.1 Å². The van der Waals surface area contributed by atoms with Crippen molar-refractivity contribution in [1.29, 1.82) is 0 Å². The summed E-state index contributed by atoms with van der Waals surface area (Å²) in [4.78, 5) is 4.57. The predicted octanol–water partition coefficient (Wildman–Crippen LogP) is 12.3. The van der Waals surface area contributed by atoms with Gasteiger partial charge in [0.1, 0.15) is 0 Å². The van der Waals surface area contributed by atoms with Crippen LogP contribution in [0.5, 0.6) is 0 Å². The highest BCUT2D eigenvalue weighted by atomic mass is 14.7. The second-order valence-electron chi connectivity index (χ2n) is 12.0. The Balaban J connectivity index is 1.28. The Bertz CT molecular complexity index is 2310. The Kier molecular flexibility index (Phi) is 6.21. The van der Waals surface area contributed by atoms with E-state index >= 15 is 0 Å². The van der Waals surface area contributed by atoms with Crippen molar-refractivity contribution in [2.45, 2.75) is 0 Å². The summed E-state index contributed by atoms with van der Waals surface area (Å²) in [5.41, 5.74) is 11.9. The minimum atomic E-state index is 0.984. The lowest BCUT2D eigenvalue weighted by Crippen LogP contribution is -1.92. The van der Waals surface area contributed by atoms with E-state index in [9.17, 15) is 0 Å². The molecule has 9 rings (SSSR count). The third kappa shape index (κ3) is 4.45. The van der Waals surface area contributed by atoms with Gasteiger partial charge in [-0.2, -0.15) is 0 Å². The van der Waals surface area contributed by atoms with Crippen molar-refractivity contribution in [2.75, 3.05) is 0 Å². The van der Waals surface area contributed by atoms with Gasteiger partial charge < -0.3 is 0 Å². The average molecular weight is 584 g/mol. The minimum absolute atomic E-state index is 0.984. The van der Waals surface area contributed by atoms with Crippen molar-refractivity contribution in [1.82, 2.24) is 4.98 Å². The fraction of sp³-hybridized carbons (Fsp3) is 0. The second kappa shape index (κ2) is 10.8. The summed E-state index contributed by atoms with van der Waals surface area (Å²) in [6.45, 7) is 0. The largest absolute Gasteiger partial charge is 0.256 e. The molecule has 8 aromatic carbocycles. The smallest absolute Gasteiger partial charge is 0.0701 e. The van der Waals surface area contributed by atoms with Crippen molar-refractivity contribution in [3.05, 3.63) is 176 Å². The van der Waals surface area contributed by atoms with Crippen LogP contribution in [-0.2, 0) is 0 Å². The van der Waals surface area contributed by atoms with Gasteiger partial charge in [-0.15, -0.1) is 0 Å². The SMILES string of the molecule is c1ccc(-c2ccc(-c3cc(-c4ccc(-c5ccccn5)cc4)c4ccc5cc(-c6ccccc6)cc6ccc3c4c65)cc2)cc1. The van der Waals surface area contributed by atoms with Crippen LogP contribution < -0.4 is 0 Å². The number of benzene rings is 8. The molecule has 1 heteroatoms. The fourth-order valence-electron chi connectivity index (χ4n) is 7.02. The summed E-state index contributed by atoms with van der Waals surface area (Å²) in [6.07, 6.45) is 1.85. The Morgan fingerprint density at radius 1 is 0.304 bits per heavy atom. The molecule has 0 saturated carbocycles. The highest BCUT2D eigenvalue weighted by Gasteiger charge is 2.18. The molecule has 0 saturated heterocycles. The van der Waals surface area contributed by atoms with E-state index in [0.717, 1.165) is 11.3 Å². The lowest BCUT2D eigenvalue weighted by molar-refractivity contribution is 1.33. The van der Waals surface area contributed by atoms with Crippen LogP contribution in [0.15, 0.2) is 176 Å². The summed E-state index contributed by atoms with van der Waals surface area (Å²) < 4.78 is 0. The molecule has 46 heavy (non-hydrogen) atoms. The standard InChI is InChI=1S/C45H29N/c1-3-9-30(10-4-1)32-14-16-33(17-15-32)41-29-42(34-18-20-35(21-19-34)43-13-7-8-26-46-43)40-25-23-37-28-38(31-11-5-2-6-12-31)27-36-22-24-39(41)45(40)44(36)37/h1-29H. The zero-order valence-corrected chi connectivity index (χ0v) is 25.2. The molecule has 0 amide bonds. The molecule has 0 radical (unpaired) electrons. The van der Waals surface area contributed by atoms with Gasteiger partial charge in [-0.25, -0.2) is 0 Å². The van der Waals surface area contributed by atoms with Crippen LogP contribution in [0.2, 0.25) is 0 Å². The average Bonchev–Trinajstić information content (AvgIpc) is 3.14. The molecule has 1 aromatic heterocycles. The van der Waals surface area contributed by atoms with E-state index in [1.54, 1.807) is 0 Å². The number of hydrogen-bond acceptors (Lipinski definition) is 1. The van der Waals surface area contributed by atoms with E-state index in [1.807, 2.05) is 18.3 Å². The van der Waals surface area contributed by atoms with Crippen LogP contribution in [0.3, 0.4) is 0 Å². The Labute approximate surface area is 268 Å². The monoisotopic (exact) mass is 583 g/mol. The van der Waals surface area contributed by atoms with Gasteiger partial charge >= 0.3 is 0 Å². The molecule has 1 nitrogen and oxygen atoms in total. The van der Waals surface area contributed by atoms with Crippen molar-refractivity contribution in [2.24, 2.45) is 0 Å². The fourth-order valence-corrected chi connectivity index (χ4v) is 7.02. The van der Waals surface area contributed by atoms with Gasteiger partial charge in [0.15, 0.2) is 0 Å². The van der Waals surface area contributed by atoms with Gasteiger partial charge in [-0.1, -0.05) is 140 Å². The van der Waals surface area contributed by atoms with E-state index in [-0.39, 0.29) is 0 Å². The number of pyridine rings is 1. The van der Waals surface area contributed by atoms with Crippen molar-refractivity contribution < 1.29 is 0 Å². The van der Waals surface area contributed by atoms with Gasteiger partial charge in [-0.05, 0) is 107 Å². The second-order valence-corrected chi connectivity index (χ2v) is 12.0. The first-order valence-corrected chi connectivity index (χ1v) is 15.8. The maximum Gasteiger partial charge on any atom is 0.0701 e. The summed E-state index contributed by atoms with van der Waals surface area (Å²) in [6, 6.07) is 61.6. The summed E-state index contributed by atoms with van der Waals surface area (Å²) >= 11 is 0. The van der Waals surface area contributed by atoms with Gasteiger partial charge in [-0.3, -0.25) is 4.98 Å². The molecule has 0 fully saturated rings. The number of rotatable bonds is 5. The number of hydrogen-bond donors (Lipinski definition) is 0. The molecule has 0 bridgehead atoms. The Morgan fingerprint density at radius 2 is 0.783 bits per heavy atom. The van der Waals surface area contributed by atoms with Gasteiger partial charge in [0.05, 0.1) is 5.69 Å². The van der Waals surface area contributed by atoms with Crippen LogP contribution in [0.1, 0.15) is 0 Å².